The standard InChI is InChI=1S/C14H25BrO/c1-10-7-8-12(9-11(10)2)16-14-6-4-3-5-13(14)15/h10-14H,3-9H2,1-2H3. The van der Waals surface area contributed by atoms with Gasteiger partial charge in [-0.05, 0) is 43.9 Å². The van der Waals surface area contributed by atoms with E-state index >= 15 is 0 Å². The van der Waals surface area contributed by atoms with Crippen LogP contribution in [0, 0.1) is 11.8 Å². The molecule has 0 amide bonds. The van der Waals surface area contributed by atoms with Crippen LogP contribution in [0.3, 0.4) is 0 Å². The van der Waals surface area contributed by atoms with E-state index in [0.29, 0.717) is 17.0 Å². The van der Waals surface area contributed by atoms with Gasteiger partial charge in [0, 0.05) is 4.83 Å². The summed E-state index contributed by atoms with van der Waals surface area (Å²) in [6.45, 7) is 4.77. The summed E-state index contributed by atoms with van der Waals surface area (Å²) >= 11 is 3.78. The van der Waals surface area contributed by atoms with Gasteiger partial charge in [-0.15, -0.1) is 0 Å². The highest BCUT2D eigenvalue weighted by atomic mass is 79.9. The molecular formula is C14H25BrO. The summed E-state index contributed by atoms with van der Waals surface area (Å²) in [7, 11) is 0. The fraction of sp³-hybridized carbons (Fsp3) is 1.00. The van der Waals surface area contributed by atoms with Crippen LogP contribution in [-0.4, -0.2) is 17.0 Å². The van der Waals surface area contributed by atoms with Gasteiger partial charge in [0.15, 0.2) is 0 Å². The molecule has 2 aliphatic carbocycles. The van der Waals surface area contributed by atoms with Crippen LogP contribution in [0.15, 0.2) is 0 Å². The number of ether oxygens (including phenoxy) is 1. The maximum Gasteiger partial charge on any atom is 0.0703 e. The molecule has 2 heteroatoms. The van der Waals surface area contributed by atoms with Crippen molar-refractivity contribution in [2.75, 3.05) is 0 Å². The predicted octanol–water partition coefficient (Wildman–Crippen LogP) is 4.53. The molecule has 0 radical (unpaired) electrons. The van der Waals surface area contributed by atoms with E-state index in [-0.39, 0.29) is 0 Å². The molecule has 16 heavy (non-hydrogen) atoms. The first kappa shape index (κ1) is 12.9. The summed E-state index contributed by atoms with van der Waals surface area (Å²) in [6, 6.07) is 0. The van der Waals surface area contributed by atoms with E-state index in [4.69, 9.17) is 4.74 Å². The van der Waals surface area contributed by atoms with Crippen LogP contribution >= 0.6 is 15.9 Å². The summed E-state index contributed by atoms with van der Waals surface area (Å²) < 4.78 is 6.32. The van der Waals surface area contributed by atoms with Crippen LogP contribution in [0.1, 0.15) is 58.8 Å². The lowest BCUT2D eigenvalue weighted by atomic mass is 9.80. The molecule has 94 valence electrons. The Morgan fingerprint density at radius 3 is 2.38 bits per heavy atom. The highest BCUT2D eigenvalue weighted by Gasteiger charge is 2.30. The van der Waals surface area contributed by atoms with Crippen molar-refractivity contribution >= 4 is 15.9 Å². The number of rotatable bonds is 2. The van der Waals surface area contributed by atoms with Crippen LogP contribution in [-0.2, 0) is 4.74 Å². The van der Waals surface area contributed by atoms with Crippen LogP contribution in [0.25, 0.3) is 0 Å². The van der Waals surface area contributed by atoms with Crippen LogP contribution in [0.4, 0.5) is 0 Å². The van der Waals surface area contributed by atoms with Gasteiger partial charge in [-0.3, -0.25) is 0 Å². The Balaban J connectivity index is 1.80. The fourth-order valence-electron chi connectivity index (χ4n) is 3.07. The molecule has 0 aromatic heterocycles. The Morgan fingerprint density at radius 2 is 1.69 bits per heavy atom. The maximum absolute atomic E-state index is 6.32. The van der Waals surface area contributed by atoms with Gasteiger partial charge < -0.3 is 4.74 Å². The zero-order valence-corrected chi connectivity index (χ0v) is 12.2. The molecule has 0 bridgehead atoms. The molecule has 0 heterocycles. The quantitative estimate of drug-likeness (QED) is 0.678. The van der Waals surface area contributed by atoms with E-state index < -0.39 is 0 Å². The van der Waals surface area contributed by atoms with E-state index in [0.717, 1.165) is 11.8 Å². The number of hydrogen-bond donors (Lipinski definition) is 0. The molecule has 0 aliphatic heterocycles. The number of hydrogen-bond acceptors (Lipinski definition) is 1. The van der Waals surface area contributed by atoms with Gasteiger partial charge in [0.05, 0.1) is 12.2 Å². The van der Waals surface area contributed by atoms with Crippen molar-refractivity contribution in [3.8, 4) is 0 Å². The SMILES string of the molecule is CC1CCC(OC2CCCCC2Br)CC1C. The van der Waals surface area contributed by atoms with E-state index in [1.807, 2.05) is 0 Å². The monoisotopic (exact) mass is 288 g/mol. The van der Waals surface area contributed by atoms with Gasteiger partial charge in [0.25, 0.3) is 0 Å². The second kappa shape index (κ2) is 5.86. The van der Waals surface area contributed by atoms with Gasteiger partial charge in [0.1, 0.15) is 0 Å². The minimum Gasteiger partial charge on any atom is -0.374 e. The van der Waals surface area contributed by atoms with Crippen molar-refractivity contribution in [1.82, 2.24) is 0 Å². The molecule has 0 saturated heterocycles. The first-order chi connectivity index (χ1) is 7.66. The maximum atomic E-state index is 6.32. The van der Waals surface area contributed by atoms with Crippen LogP contribution in [0.2, 0.25) is 0 Å². The molecule has 0 N–H and O–H groups in total. The van der Waals surface area contributed by atoms with E-state index in [1.165, 1.54) is 44.9 Å². The Hall–Kier alpha value is 0.440. The molecule has 2 rings (SSSR count). The Kier molecular flexibility index (Phi) is 4.72. The average Bonchev–Trinajstić information content (AvgIpc) is 2.27. The summed E-state index contributed by atoms with van der Waals surface area (Å²) in [5.41, 5.74) is 0. The van der Waals surface area contributed by atoms with Crippen molar-refractivity contribution < 1.29 is 4.74 Å². The summed E-state index contributed by atoms with van der Waals surface area (Å²) in [6.07, 6.45) is 10.2. The van der Waals surface area contributed by atoms with E-state index in [2.05, 4.69) is 29.8 Å². The Labute approximate surface area is 108 Å². The van der Waals surface area contributed by atoms with Crippen molar-refractivity contribution in [2.24, 2.45) is 11.8 Å². The molecular weight excluding hydrogens is 264 g/mol. The number of alkyl halides is 1. The lowest BCUT2D eigenvalue weighted by Crippen LogP contribution is -2.35. The van der Waals surface area contributed by atoms with E-state index in [1.54, 1.807) is 0 Å². The minimum atomic E-state index is 0.486. The third-order valence-electron chi connectivity index (χ3n) is 4.54. The van der Waals surface area contributed by atoms with Gasteiger partial charge >= 0.3 is 0 Å². The van der Waals surface area contributed by atoms with Crippen molar-refractivity contribution in [3.05, 3.63) is 0 Å². The first-order valence-electron chi connectivity index (χ1n) is 6.96. The molecule has 0 aromatic rings. The van der Waals surface area contributed by atoms with Crippen LogP contribution in [0.5, 0.6) is 0 Å². The number of halogens is 1. The van der Waals surface area contributed by atoms with Gasteiger partial charge in [-0.1, -0.05) is 42.6 Å². The lowest BCUT2D eigenvalue weighted by molar-refractivity contribution is -0.0564. The summed E-state index contributed by atoms with van der Waals surface area (Å²) in [5.74, 6) is 1.74. The molecule has 2 aliphatic rings. The molecule has 0 aromatic carbocycles. The highest BCUT2D eigenvalue weighted by molar-refractivity contribution is 9.09. The molecule has 5 unspecified atom stereocenters. The van der Waals surface area contributed by atoms with Gasteiger partial charge in [0.2, 0.25) is 0 Å². The first-order valence-corrected chi connectivity index (χ1v) is 7.88. The van der Waals surface area contributed by atoms with E-state index in [9.17, 15) is 0 Å². The second-order valence-electron chi connectivity index (χ2n) is 5.86. The Bertz CT molecular complexity index is 219. The summed E-state index contributed by atoms with van der Waals surface area (Å²) in [5, 5.41) is 0. The predicted molar refractivity (Wildman–Crippen MR) is 72.0 cm³/mol. The highest BCUT2D eigenvalue weighted by Crippen LogP contribution is 2.34. The lowest BCUT2D eigenvalue weighted by Gasteiger charge is -2.37. The normalized spacial score (nSPS) is 45.6. The van der Waals surface area contributed by atoms with Crippen LogP contribution < -0.4 is 0 Å². The van der Waals surface area contributed by atoms with Crippen molar-refractivity contribution in [2.45, 2.75) is 75.8 Å². The van der Waals surface area contributed by atoms with Crippen molar-refractivity contribution in [3.63, 3.8) is 0 Å². The third kappa shape index (κ3) is 3.22. The topological polar surface area (TPSA) is 9.23 Å². The largest absolute Gasteiger partial charge is 0.374 e. The van der Waals surface area contributed by atoms with Gasteiger partial charge in [-0.25, -0.2) is 0 Å². The molecule has 0 spiro atoms. The molecule has 5 atom stereocenters. The average molecular weight is 289 g/mol. The second-order valence-corrected chi connectivity index (χ2v) is 7.04. The summed E-state index contributed by atoms with van der Waals surface area (Å²) in [4.78, 5) is 0.607. The zero-order valence-electron chi connectivity index (χ0n) is 10.6. The smallest absolute Gasteiger partial charge is 0.0703 e. The molecule has 1 nitrogen and oxygen atoms in total. The fourth-order valence-corrected chi connectivity index (χ4v) is 3.79. The third-order valence-corrected chi connectivity index (χ3v) is 5.59. The molecule has 2 fully saturated rings. The van der Waals surface area contributed by atoms with Gasteiger partial charge in [-0.2, -0.15) is 0 Å². The molecule has 2 saturated carbocycles. The van der Waals surface area contributed by atoms with Crippen molar-refractivity contribution in [1.29, 1.82) is 0 Å². The zero-order chi connectivity index (χ0) is 11.5. The Morgan fingerprint density at radius 1 is 0.938 bits per heavy atom. The minimum absolute atomic E-state index is 0.486.